The average molecular weight is 676 g/mol. The van der Waals surface area contributed by atoms with Crippen molar-refractivity contribution in [3.05, 3.63) is 83.7 Å². The smallest absolute Gasteiger partial charge is 0.326 e. The van der Waals surface area contributed by atoms with E-state index in [1.807, 2.05) is 0 Å². The highest BCUT2D eigenvalue weighted by molar-refractivity contribution is 6.00. The van der Waals surface area contributed by atoms with Gasteiger partial charge in [-0.2, -0.15) is 0 Å². The van der Waals surface area contributed by atoms with Gasteiger partial charge in [-0.15, -0.1) is 0 Å². The molecule has 1 aromatic heterocycles. The highest BCUT2D eigenvalue weighted by atomic mass is 19.1. The van der Waals surface area contributed by atoms with Gasteiger partial charge in [-0.1, -0.05) is 6.07 Å². The van der Waals surface area contributed by atoms with Crippen molar-refractivity contribution in [2.75, 3.05) is 13.1 Å². The lowest BCUT2D eigenvalue weighted by atomic mass is 10.0. The number of nitrogens with one attached hydrogen (secondary N) is 4. The summed E-state index contributed by atoms with van der Waals surface area (Å²) in [6.07, 6.45) is 5.64. The monoisotopic (exact) mass is 675 g/mol. The molecule has 2 fully saturated rings. The summed E-state index contributed by atoms with van der Waals surface area (Å²) in [5.74, 6) is -4.88. The number of carbonyl (C=O) groups excluding carboxylic acids is 5. The molecule has 3 heterocycles. The summed E-state index contributed by atoms with van der Waals surface area (Å²) >= 11 is 0. The molecule has 0 spiro atoms. The zero-order valence-electron chi connectivity index (χ0n) is 26.9. The van der Waals surface area contributed by atoms with Gasteiger partial charge < -0.3 is 35.8 Å². The van der Waals surface area contributed by atoms with Crippen molar-refractivity contribution in [3.63, 3.8) is 0 Å². The van der Waals surface area contributed by atoms with Gasteiger partial charge in [0.05, 0.1) is 6.33 Å². The highest BCUT2D eigenvalue weighted by Gasteiger charge is 2.43. The zero-order valence-corrected chi connectivity index (χ0v) is 26.9. The van der Waals surface area contributed by atoms with Crippen LogP contribution in [0.3, 0.4) is 0 Å². The van der Waals surface area contributed by atoms with Crippen LogP contribution in [0, 0.1) is 12.7 Å². The van der Waals surface area contributed by atoms with E-state index < -0.39 is 59.6 Å². The lowest BCUT2D eigenvalue weighted by Crippen LogP contribution is -2.55. The van der Waals surface area contributed by atoms with Crippen LogP contribution in [0.1, 0.15) is 64.8 Å². The van der Waals surface area contributed by atoms with E-state index >= 15 is 0 Å². The molecule has 258 valence electrons. The topological polar surface area (TPSA) is 192 Å². The van der Waals surface area contributed by atoms with Gasteiger partial charge in [0.25, 0.3) is 11.8 Å². The van der Waals surface area contributed by atoms with Crippen LogP contribution < -0.4 is 21.3 Å². The van der Waals surface area contributed by atoms with E-state index in [1.54, 1.807) is 54.5 Å². The molecule has 3 aromatic rings. The SMILES string of the molecule is Cc1ccc(F)cc1C(=O)N[C@H]1CCCCNC(=O)CC[C@@H](C(=O)O)NC(=O)[C@@H]2C[C@@H](NC(=O)c3ccc(-n4ccnc4)cc3)CN2C1=O. The lowest BCUT2D eigenvalue weighted by molar-refractivity contribution is -0.144. The molecular weight excluding hydrogens is 637 g/mol. The van der Waals surface area contributed by atoms with E-state index in [2.05, 4.69) is 26.3 Å². The van der Waals surface area contributed by atoms with E-state index in [4.69, 9.17) is 0 Å². The third-order valence-corrected chi connectivity index (χ3v) is 8.72. The number of nitrogens with zero attached hydrogens (tertiary/aromatic N) is 3. The number of aliphatic carboxylic acids is 1. The van der Waals surface area contributed by atoms with Crippen molar-refractivity contribution in [1.82, 2.24) is 35.7 Å². The molecule has 0 saturated carbocycles. The summed E-state index contributed by atoms with van der Waals surface area (Å²) < 4.78 is 15.8. The van der Waals surface area contributed by atoms with Crippen LogP contribution in [0.25, 0.3) is 5.69 Å². The number of hydrogen-bond acceptors (Lipinski definition) is 7. The molecule has 49 heavy (non-hydrogen) atoms. The first kappa shape index (κ1) is 34.7. The molecule has 0 radical (unpaired) electrons. The average Bonchev–Trinajstić information content (AvgIpc) is 3.77. The Hall–Kier alpha value is -5.60. The van der Waals surface area contributed by atoms with E-state index in [0.29, 0.717) is 24.0 Å². The molecule has 0 bridgehead atoms. The molecule has 0 aliphatic carbocycles. The number of carboxylic acids is 1. The second-order valence-corrected chi connectivity index (χ2v) is 12.2. The minimum absolute atomic E-state index is 0.0348. The van der Waals surface area contributed by atoms with Crippen LogP contribution in [-0.4, -0.2) is 92.3 Å². The van der Waals surface area contributed by atoms with Crippen LogP contribution in [0.15, 0.2) is 61.2 Å². The number of imidazole rings is 1. The van der Waals surface area contributed by atoms with Gasteiger partial charge in [-0.05, 0) is 81.0 Å². The van der Waals surface area contributed by atoms with Crippen molar-refractivity contribution in [2.45, 2.75) is 69.6 Å². The number of carbonyl (C=O) groups is 6. The van der Waals surface area contributed by atoms with Crippen LogP contribution in [0.2, 0.25) is 0 Å². The predicted octanol–water partition coefficient (Wildman–Crippen LogP) is 1.47. The highest BCUT2D eigenvalue weighted by Crippen LogP contribution is 2.23. The van der Waals surface area contributed by atoms with Crippen molar-refractivity contribution >= 4 is 35.5 Å². The summed E-state index contributed by atoms with van der Waals surface area (Å²) in [7, 11) is 0. The first-order valence-corrected chi connectivity index (χ1v) is 16.1. The maximum Gasteiger partial charge on any atom is 0.326 e. The van der Waals surface area contributed by atoms with Crippen molar-refractivity contribution < 1.29 is 38.3 Å². The number of aryl methyl sites for hydroxylation is 1. The summed E-state index contributed by atoms with van der Waals surface area (Å²) in [6, 6.07) is 6.03. The van der Waals surface area contributed by atoms with Gasteiger partial charge in [0, 0.05) is 54.8 Å². The molecule has 4 atom stereocenters. The van der Waals surface area contributed by atoms with Gasteiger partial charge in [-0.25, -0.2) is 14.2 Å². The summed E-state index contributed by atoms with van der Waals surface area (Å²) in [5.41, 5.74) is 1.66. The molecule has 2 saturated heterocycles. The second kappa shape index (κ2) is 15.5. The Labute approximate surface area is 281 Å². The summed E-state index contributed by atoms with van der Waals surface area (Å²) in [5, 5.41) is 20.5. The Morgan fingerprint density at radius 2 is 1.78 bits per heavy atom. The molecule has 2 aromatic carbocycles. The Morgan fingerprint density at radius 1 is 1.00 bits per heavy atom. The van der Waals surface area contributed by atoms with Crippen molar-refractivity contribution in [3.8, 4) is 5.69 Å². The Kier molecular flexibility index (Phi) is 11.0. The number of aromatic nitrogens is 2. The fourth-order valence-corrected chi connectivity index (χ4v) is 6.02. The van der Waals surface area contributed by atoms with Crippen LogP contribution in [0.4, 0.5) is 4.39 Å². The Bertz CT molecular complexity index is 1710. The minimum atomic E-state index is -1.41. The molecule has 2 aliphatic rings. The first-order chi connectivity index (χ1) is 23.5. The number of hydrogen-bond donors (Lipinski definition) is 5. The van der Waals surface area contributed by atoms with E-state index in [-0.39, 0.29) is 50.2 Å². The van der Waals surface area contributed by atoms with Gasteiger partial charge in [0.2, 0.25) is 17.7 Å². The molecule has 15 heteroatoms. The van der Waals surface area contributed by atoms with E-state index in [1.165, 1.54) is 17.0 Å². The van der Waals surface area contributed by atoms with Crippen LogP contribution in [-0.2, 0) is 19.2 Å². The normalized spacial score (nSPS) is 22.2. The third kappa shape index (κ3) is 8.66. The van der Waals surface area contributed by atoms with E-state index in [9.17, 15) is 38.3 Å². The van der Waals surface area contributed by atoms with Crippen LogP contribution in [0.5, 0.6) is 0 Å². The zero-order chi connectivity index (χ0) is 35.1. The number of amides is 5. The fourth-order valence-electron chi connectivity index (χ4n) is 6.02. The summed E-state index contributed by atoms with van der Waals surface area (Å²) in [4.78, 5) is 84.1. The van der Waals surface area contributed by atoms with Gasteiger partial charge >= 0.3 is 5.97 Å². The summed E-state index contributed by atoms with van der Waals surface area (Å²) in [6.45, 7) is 1.79. The number of benzene rings is 2. The first-order valence-electron chi connectivity index (χ1n) is 16.1. The van der Waals surface area contributed by atoms with Gasteiger partial charge in [-0.3, -0.25) is 24.0 Å². The molecule has 5 N–H and O–H groups in total. The quantitative estimate of drug-likeness (QED) is 0.259. The molecule has 2 aliphatic heterocycles. The van der Waals surface area contributed by atoms with E-state index in [0.717, 1.165) is 11.8 Å². The van der Waals surface area contributed by atoms with Crippen molar-refractivity contribution in [2.24, 2.45) is 0 Å². The third-order valence-electron chi connectivity index (χ3n) is 8.72. The molecule has 0 unspecified atom stereocenters. The number of halogens is 1. The number of fused-ring (bicyclic) bond motifs is 1. The molecule has 5 rings (SSSR count). The number of carboxylic acid groups (broad SMARTS) is 1. The lowest BCUT2D eigenvalue weighted by Gasteiger charge is -2.29. The Morgan fingerprint density at radius 3 is 2.49 bits per heavy atom. The van der Waals surface area contributed by atoms with Gasteiger partial charge in [0.15, 0.2) is 0 Å². The Balaban J connectivity index is 1.40. The predicted molar refractivity (Wildman–Crippen MR) is 173 cm³/mol. The number of rotatable bonds is 6. The maximum absolute atomic E-state index is 14.2. The minimum Gasteiger partial charge on any atom is -0.480 e. The molecule has 14 nitrogen and oxygen atoms in total. The van der Waals surface area contributed by atoms with Crippen LogP contribution >= 0.6 is 0 Å². The molecule has 5 amide bonds. The standard InChI is InChI=1S/C34H38FN7O7/c1-20-5-8-22(35)16-25(20)31(45)39-26-4-2-3-13-37-29(43)12-11-27(34(48)49)40-32(46)28-17-23(18-42(28)33(26)47)38-30(44)21-6-9-24(10-7-21)41-15-14-36-19-41/h5-10,14-16,19,23,26-28H,2-4,11-13,17-18H2,1H3,(H,37,43)(H,38,44)(H,39,45)(H,40,46)(H,48,49)/t23-,26+,27+,28+/m1/s1. The second-order valence-electron chi connectivity index (χ2n) is 12.2. The van der Waals surface area contributed by atoms with Crippen molar-refractivity contribution in [1.29, 1.82) is 0 Å². The van der Waals surface area contributed by atoms with Gasteiger partial charge in [0.1, 0.15) is 23.9 Å². The molecular formula is C34H38FN7O7. The maximum atomic E-state index is 14.2. The fraction of sp³-hybridized carbons (Fsp3) is 0.382. The largest absolute Gasteiger partial charge is 0.480 e.